The van der Waals surface area contributed by atoms with E-state index in [2.05, 4.69) is 30.5 Å². The minimum absolute atomic E-state index is 0.134. The molecule has 30 heavy (non-hydrogen) atoms. The number of H-pyrrole nitrogens is 2. The second-order valence-corrected chi connectivity index (χ2v) is 8.29. The molecule has 2 amide bonds. The number of anilines is 1. The van der Waals surface area contributed by atoms with Crippen LogP contribution < -0.4 is 11.1 Å². The zero-order chi connectivity index (χ0) is 21.5. The normalized spacial score (nSPS) is 11.9. The number of amides is 2. The fraction of sp³-hybridized carbons (Fsp3) is 0.333. The average Bonchev–Trinajstić information content (AvgIpc) is 3.34. The van der Waals surface area contributed by atoms with Crippen LogP contribution in [0.1, 0.15) is 33.5 Å². The van der Waals surface area contributed by atoms with E-state index in [9.17, 15) is 4.79 Å². The lowest BCUT2D eigenvalue weighted by atomic mass is 10.1. The van der Waals surface area contributed by atoms with Gasteiger partial charge in [0.05, 0.1) is 23.3 Å². The lowest BCUT2D eigenvalue weighted by Crippen LogP contribution is -2.48. The van der Waals surface area contributed by atoms with Crippen LogP contribution >= 0.6 is 0 Å². The van der Waals surface area contributed by atoms with E-state index in [-0.39, 0.29) is 11.6 Å². The molecule has 3 heterocycles. The Balaban J connectivity index is 1.70. The Morgan fingerprint density at radius 1 is 1.23 bits per heavy atom. The number of nitrogens with one attached hydrogen (secondary N) is 3. The third-order valence-corrected chi connectivity index (χ3v) is 4.79. The number of pyridine rings is 1. The van der Waals surface area contributed by atoms with Gasteiger partial charge in [0.1, 0.15) is 11.3 Å². The van der Waals surface area contributed by atoms with Crippen LogP contribution in [0.3, 0.4) is 0 Å². The van der Waals surface area contributed by atoms with Gasteiger partial charge in [0.25, 0.3) is 0 Å². The molecule has 1 aromatic carbocycles. The van der Waals surface area contributed by atoms with Gasteiger partial charge in [-0.1, -0.05) is 6.07 Å². The van der Waals surface area contributed by atoms with Crippen molar-refractivity contribution < 1.29 is 4.79 Å². The Morgan fingerprint density at radius 3 is 2.70 bits per heavy atom. The number of carbonyl (C=O) groups excluding carboxylic acids is 1. The third kappa shape index (κ3) is 3.78. The quantitative estimate of drug-likeness (QED) is 0.413. The van der Waals surface area contributed by atoms with Crippen LogP contribution in [0.25, 0.3) is 33.2 Å². The maximum absolute atomic E-state index is 12.6. The molecular weight excluding hydrogens is 380 g/mol. The van der Waals surface area contributed by atoms with Crippen LogP contribution in [0, 0.1) is 0 Å². The molecule has 0 spiro atoms. The van der Waals surface area contributed by atoms with Crippen molar-refractivity contribution in [1.29, 1.82) is 0 Å². The fourth-order valence-corrected chi connectivity index (χ4v) is 3.38. The maximum atomic E-state index is 12.6. The van der Waals surface area contributed by atoms with E-state index in [0.717, 1.165) is 27.7 Å². The van der Waals surface area contributed by atoms with Crippen molar-refractivity contribution in [2.75, 3.05) is 12.3 Å². The van der Waals surface area contributed by atoms with Gasteiger partial charge in [-0.25, -0.2) is 14.8 Å². The molecule has 4 rings (SSSR count). The van der Waals surface area contributed by atoms with Crippen molar-refractivity contribution in [3.8, 4) is 11.3 Å². The number of rotatable bonds is 4. The zero-order valence-electron chi connectivity index (χ0n) is 17.6. The summed E-state index contributed by atoms with van der Waals surface area (Å²) in [6.07, 6.45) is 1.78. The summed E-state index contributed by atoms with van der Waals surface area (Å²) in [7, 11) is 0. The summed E-state index contributed by atoms with van der Waals surface area (Å²) in [5.74, 6) is 1.01. The van der Waals surface area contributed by atoms with Crippen molar-refractivity contribution in [2.45, 2.75) is 39.8 Å². The molecule has 9 nitrogen and oxygen atoms in total. The maximum Gasteiger partial charge on any atom is 0.318 e. The number of aromatic nitrogens is 5. The third-order valence-electron chi connectivity index (χ3n) is 4.79. The minimum atomic E-state index is -0.311. The molecule has 5 N–H and O–H groups in total. The number of nitrogens with zero attached hydrogens (tertiary/aromatic N) is 4. The first-order chi connectivity index (χ1) is 14.2. The Bertz CT molecular complexity index is 1200. The number of hydrogen-bond acceptors (Lipinski definition) is 5. The summed E-state index contributed by atoms with van der Waals surface area (Å²) < 4.78 is 0. The SMILES string of the molecule is CCN(Cc1nc2c(N)nc3cc(-c4cc[nH]n4)ccc3c2[nH]1)C(=O)NC(C)(C)C. The number of hydrogen-bond donors (Lipinski definition) is 4. The van der Waals surface area contributed by atoms with E-state index in [4.69, 9.17) is 5.73 Å². The standard InChI is InChI=1S/C21H26N8O/c1-5-29(20(30)27-21(2,3)4)11-16-25-17-13-7-6-12(14-8-9-23-28-14)10-15(13)24-19(22)18(17)26-16/h6-10H,5,11H2,1-4H3,(H2,22,24)(H,23,28)(H,25,26)(H,27,30). The van der Waals surface area contributed by atoms with Gasteiger partial charge < -0.3 is 20.9 Å². The number of imidazole rings is 1. The van der Waals surface area contributed by atoms with Crippen molar-refractivity contribution in [3.63, 3.8) is 0 Å². The van der Waals surface area contributed by atoms with Crippen LogP contribution in [0.2, 0.25) is 0 Å². The summed E-state index contributed by atoms with van der Waals surface area (Å²) in [6.45, 7) is 8.70. The predicted octanol–water partition coefficient (Wildman–Crippen LogP) is 3.41. The van der Waals surface area contributed by atoms with E-state index in [1.54, 1.807) is 11.1 Å². The number of nitrogens with two attached hydrogens (primary N) is 1. The first kappa shape index (κ1) is 19.7. The summed E-state index contributed by atoms with van der Waals surface area (Å²) in [5, 5.41) is 10.9. The molecule has 0 radical (unpaired) electrons. The molecule has 0 bridgehead atoms. The van der Waals surface area contributed by atoms with E-state index < -0.39 is 0 Å². The highest BCUT2D eigenvalue weighted by atomic mass is 16.2. The van der Waals surface area contributed by atoms with Gasteiger partial charge in [0.15, 0.2) is 5.82 Å². The summed E-state index contributed by atoms with van der Waals surface area (Å²) >= 11 is 0. The molecule has 0 saturated carbocycles. The molecule has 0 atom stereocenters. The molecule has 0 unspecified atom stereocenters. The number of nitrogen functional groups attached to an aromatic ring is 1. The molecule has 0 aliphatic carbocycles. The molecule has 9 heteroatoms. The number of benzene rings is 1. The highest BCUT2D eigenvalue weighted by Crippen LogP contribution is 2.29. The molecule has 0 aliphatic rings. The van der Waals surface area contributed by atoms with Crippen molar-refractivity contribution in [1.82, 2.24) is 35.4 Å². The van der Waals surface area contributed by atoms with Gasteiger partial charge >= 0.3 is 6.03 Å². The first-order valence-electron chi connectivity index (χ1n) is 9.90. The van der Waals surface area contributed by atoms with Crippen LogP contribution in [-0.4, -0.2) is 48.2 Å². The summed E-state index contributed by atoms with van der Waals surface area (Å²) in [4.78, 5) is 26.8. The second kappa shape index (κ2) is 7.33. The first-order valence-corrected chi connectivity index (χ1v) is 9.90. The van der Waals surface area contributed by atoms with Gasteiger partial charge in [0.2, 0.25) is 0 Å². The Kier molecular flexibility index (Phi) is 4.81. The van der Waals surface area contributed by atoms with Gasteiger partial charge in [-0.15, -0.1) is 0 Å². The largest absolute Gasteiger partial charge is 0.382 e. The van der Waals surface area contributed by atoms with Crippen LogP contribution in [-0.2, 0) is 6.54 Å². The predicted molar refractivity (Wildman–Crippen MR) is 118 cm³/mol. The molecule has 156 valence electrons. The lowest BCUT2D eigenvalue weighted by molar-refractivity contribution is 0.187. The van der Waals surface area contributed by atoms with E-state index >= 15 is 0 Å². The van der Waals surface area contributed by atoms with Crippen molar-refractivity contribution >= 4 is 33.8 Å². The molecule has 0 saturated heterocycles. The summed E-state index contributed by atoms with van der Waals surface area (Å²) in [6, 6.07) is 7.70. The van der Waals surface area contributed by atoms with Gasteiger partial charge in [0, 0.05) is 29.2 Å². The smallest absolute Gasteiger partial charge is 0.318 e. The lowest BCUT2D eigenvalue weighted by Gasteiger charge is -2.27. The van der Waals surface area contributed by atoms with Crippen molar-refractivity contribution in [2.24, 2.45) is 0 Å². The monoisotopic (exact) mass is 406 g/mol. The Morgan fingerprint density at radius 2 is 2.03 bits per heavy atom. The second-order valence-electron chi connectivity index (χ2n) is 8.29. The molecule has 0 aliphatic heterocycles. The Hall–Kier alpha value is -3.62. The molecule has 4 aromatic rings. The molecule has 3 aromatic heterocycles. The topological polar surface area (TPSA) is 129 Å². The highest BCUT2D eigenvalue weighted by molar-refractivity contribution is 6.07. The Labute approximate surface area is 174 Å². The minimum Gasteiger partial charge on any atom is -0.382 e. The van der Waals surface area contributed by atoms with Crippen LogP contribution in [0.15, 0.2) is 30.5 Å². The average molecular weight is 406 g/mol. The number of carbonyl (C=O) groups is 1. The van der Waals surface area contributed by atoms with Gasteiger partial charge in [-0.2, -0.15) is 5.10 Å². The zero-order valence-corrected chi connectivity index (χ0v) is 17.6. The van der Waals surface area contributed by atoms with E-state index in [1.807, 2.05) is 52.0 Å². The molecule has 0 fully saturated rings. The van der Waals surface area contributed by atoms with E-state index in [0.29, 0.717) is 30.2 Å². The van der Waals surface area contributed by atoms with Gasteiger partial charge in [-0.3, -0.25) is 5.10 Å². The fourth-order valence-electron chi connectivity index (χ4n) is 3.38. The number of aromatic amines is 2. The van der Waals surface area contributed by atoms with Crippen LogP contribution in [0.5, 0.6) is 0 Å². The van der Waals surface area contributed by atoms with Gasteiger partial charge in [-0.05, 0) is 45.9 Å². The number of fused-ring (bicyclic) bond motifs is 3. The number of urea groups is 1. The van der Waals surface area contributed by atoms with Crippen molar-refractivity contribution in [3.05, 3.63) is 36.3 Å². The molecular formula is C21H26N8O. The van der Waals surface area contributed by atoms with Crippen LogP contribution in [0.4, 0.5) is 10.6 Å². The van der Waals surface area contributed by atoms with E-state index in [1.165, 1.54) is 0 Å². The highest BCUT2D eigenvalue weighted by Gasteiger charge is 2.20. The summed E-state index contributed by atoms with van der Waals surface area (Å²) in [5.41, 5.74) is 9.86.